The molecule has 0 saturated carbocycles. The molecule has 32 heavy (non-hydrogen) atoms. The van der Waals surface area contributed by atoms with Crippen molar-refractivity contribution in [3.05, 3.63) is 82.4 Å². The maximum atomic E-state index is 14.5. The number of benzene rings is 3. The number of phenols is 1. The van der Waals surface area contributed by atoms with Crippen molar-refractivity contribution >= 4 is 27.3 Å². The van der Waals surface area contributed by atoms with Crippen molar-refractivity contribution in [2.75, 3.05) is 13.1 Å². The van der Waals surface area contributed by atoms with Crippen molar-refractivity contribution in [2.45, 2.75) is 17.1 Å². The van der Waals surface area contributed by atoms with Crippen LogP contribution in [-0.4, -0.2) is 37.4 Å². The zero-order chi connectivity index (χ0) is 23.0. The van der Waals surface area contributed by atoms with Crippen LogP contribution >= 0.6 is 11.6 Å². The molecular formula is C23H18ClF2NO4S. The van der Waals surface area contributed by atoms with Gasteiger partial charge in [-0.3, -0.25) is 4.79 Å². The highest BCUT2D eigenvalue weighted by Gasteiger charge is 2.28. The summed E-state index contributed by atoms with van der Waals surface area (Å²) in [6.45, 7) is 1.08. The van der Waals surface area contributed by atoms with Crippen molar-refractivity contribution in [1.29, 1.82) is 0 Å². The maximum Gasteiger partial charge on any atom is 0.253 e. The molecule has 1 N–H and O–H groups in total. The molecule has 5 nitrogen and oxygen atoms in total. The largest absolute Gasteiger partial charge is 0.505 e. The molecule has 0 aromatic heterocycles. The SMILES string of the molecule is O=C(c1cc(Cl)c(O)c(S(=O)(=O)Cc2cc(-c3ccccc3)cc(F)c2F)c1)N1CCC1. The molecule has 0 bridgehead atoms. The summed E-state index contributed by atoms with van der Waals surface area (Å²) in [6, 6.07) is 13.0. The van der Waals surface area contributed by atoms with Gasteiger partial charge in [-0.2, -0.15) is 0 Å². The summed E-state index contributed by atoms with van der Waals surface area (Å²) in [5.41, 5.74) is 0.478. The number of amides is 1. The Hall–Kier alpha value is -2.97. The number of hydrogen-bond donors (Lipinski definition) is 1. The van der Waals surface area contributed by atoms with Gasteiger partial charge in [0.15, 0.2) is 27.2 Å². The monoisotopic (exact) mass is 477 g/mol. The fourth-order valence-electron chi connectivity index (χ4n) is 3.47. The van der Waals surface area contributed by atoms with E-state index >= 15 is 0 Å². The first-order chi connectivity index (χ1) is 15.2. The van der Waals surface area contributed by atoms with Gasteiger partial charge in [0.2, 0.25) is 0 Å². The zero-order valence-corrected chi connectivity index (χ0v) is 18.3. The van der Waals surface area contributed by atoms with Gasteiger partial charge in [0.1, 0.15) is 4.90 Å². The lowest BCUT2D eigenvalue weighted by atomic mass is 10.0. The standard InChI is InChI=1S/C23H18ClF2NO4S/c24-18-10-16(23(29)27-7-4-8-27)12-20(22(18)28)32(30,31)13-17-9-15(11-19(25)21(17)26)14-5-2-1-3-6-14/h1-3,5-6,9-12,28H,4,7-8,13H2. The summed E-state index contributed by atoms with van der Waals surface area (Å²) in [7, 11) is -4.39. The number of phenolic OH excluding ortho intramolecular Hbond substituents is 1. The van der Waals surface area contributed by atoms with Crippen molar-refractivity contribution in [3.63, 3.8) is 0 Å². The van der Waals surface area contributed by atoms with Gasteiger partial charge in [-0.25, -0.2) is 17.2 Å². The number of hydrogen-bond acceptors (Lipinski definition) is 4. The molecule has 1 amide bonds. The van der Waals surface area contributed by atoms with E-state index < -0.39 is 49.3 Å². The predicted octanol–water partition coefficient (Wildman–Crippen LogP) is 4.81. The van der Waals surface area contributed by atoms with Crippen LogP contribution in [0.2, 0.25) is 5.02 Å². The topological polar surface area (TPSA) is 74.7 Å². The highest BCUT2D eigenvalue weighted by molar-refractivity contribution is 7.90. The van der Waals surface area contributed by atoms with Gasteiger partial charge in [-0.15, -0.1) is 0 Å². The van der Waals surface area contributed by atoms with Gasteiger partial charge in [0, 0.05) is 24.2 Å². The number of likely N-dealkylation sites (tertiary alicyclic amines) is 1. The van der Waals surface area contributed by atoms with Crippen LogP contribution in [0.15, 0.2) is 59.5 Å². The molecule has 1 aliphatic rings. The summed E-state index contributed by atoms with van der Waals surface area (Å²) in [6.07, 6.45) is 0.839. The Balaban J connectivity index is 1.74. The molecule has 3 aromatic rings. The quantitative estimate of drug-likeness (QED) is 0.572. The molecule has 166 valence electrons. The Morgan fingerprint density at radius 3 is 2.34 bits per heavy atom. The van der Waals surface area contributed by atoms with Crippen molar-refractivity contribution < 1.29 is 27.1 Å². The van der Waals surface area contributed by atoms with Crippen LogP contribution in [0, 0.1) is 11.6 Å². The van der Waals surface area contributed by atoms with E-state index in [0.29, 0.717) is 24.2 Å². The molecule has 0 radical (unpaired) electrons. The zero-order valence-electron chi connectivity index (χ0n) is 16.7. The van der Waals surface area contributed by atoms with Gasteiger partial charge in [-0.05, 0) is 41.8 Å². The number of sulfone groups is 1. The average Bonchev–Trinajstić information content (AvgIpc) is 2.72. The summed E-state index contributed by atoms with van der Waals surface area (Å²) >= 11 is 5.98. The Kier molecular flexibility index (Phi) is 5.92. The Morgan fingerprint density at radius 2 is 1.72 bits per heavy atom. The predicted molar refractivity (Wildman–Crippen MR) is 116 cm³/mol. The molecule has 0 aliphatic carbocycles. The lowest BCUT2D eigenvalue weighted by Gasteiger charge is -2.31. The van der Waals surface area contributed by atoms with Crippen molar-refractivity contribution in [2.24, 2.45) is 0 Å². The van der Waals surface area contributed by atoms with Gasteiger partial charge in [0.25, 0.3) is 5.91 Å². The number of aromatic hydroxyl groups is 1. The van der Waals surface area contributed by atoms with Gasteiger partial charge < -0.3 is 10.0 Å². The second-order valence-corrected chi connectivity index (χ2v) is 9.87. The van der Waals surface area contributed by atoms with E-state index in [1.807, 2.05) is 0 Å². The van der Waals surface area contributed by atoms with Gasteiger partial charge >= 0.3 is 0 Å². The average molecular weight is 478 g/mol. The van der Waals surface area contributed by atoms with E-state index in [1.165, 1.54) is 17.0 Å². The fraction of sp³-hybridized carbons (Fsp3) is 0.174. The molecule has 1 aliphatic heterocycles. The Morgan fingerprint density at radius 1 is 1.03 bits per heavy atom. The van der Waals surface area contributed by atoms with Gasteiger partial charge in [0.05, 0.1) is 10.8 Å². The van der Waals surface area contributed by atoms with Crippen molar-refractivity contribution in [3.8, 4) is 16.9 Å². The Bertz CT molecular complexity index is 1310. The van der Waals surface area contributed by atoms with Crippen LogP contribution in [0.1, 0.15) is 22.3 Å². The Labute approximate surface area is 188 Å². The van der Waals surface area contributed by atoms with Crippen LogP contribution in [0.3, 0.4) is 0 Å². The number of carbonyl (C=O) groups is 1. The lowest BCUT2D eigenvalue weighted by molar-refractivity contribution is 0.0651. The van der Waals surface area contributed by atoms with E-state index in [4.69, 9.17) is 11.6 Å². The third-order valence-corrected chi connectivity index (χ3v) is 7.27. The number of rotatable bonds is 5. The normalized spacial score (nSPS) is 13.7. The summed E-state index contributed by atoms with van der Waals surface area (Å²) < 4.78 is 54.9. The van der Waals surface area contributed by atoms with E-state index in [1.54, 1.807) is 30.3 Å². The molecule has 1 saturated heterocycles. The van der Waals surface area contributed by atoms with Gasteiger partial charge in [-0.1, -0.05) is 41.9 Å². The summed E-state index contributed by atoms with van der Waals surface area (Å²) in [4.78, 5) is 13.4. The number of carbonyl (C=O) groups excluding carboxylic acids is 1. The lowest BCUT2D eigenvalue weighted by Crippen LogP contribution is -2.42. The molecular weight excluding hydrogens is 460 g/mol. The molecule has 1 heterocycles. The molecule has 3 aromatic carbocycles. The van der Waals surface area contributed by atoms with E-state index in [-0.39, 0.29) is 10.6 Å². The minimum Gasteiger partial charge on any atom is -0.505 e. The molecule has 9 heteroatoms. The van der Waals surface area contributed by atoms with Crippen LogP contribution in [0.4, 0.5) is 8.78 Å². The van der Waals surface area contributed by atoms with Crippen LogP contribution < -0.4 is 0 Å². The highest BCUT2D eigenvalue weighted by atomic mass is 35.5. The van der Waals surface area contributed by atoms with Crippen molar-refractivity contribution in [1.82, 2.24) is 4.90 Å². The molecule has 4 rings (SSSR count). The second-order valence-electron chi connectivity index (χ2n) is 7.51. The number of halogens is 3. The number of nitrogens with zero attached hydrogens (tertiary/aromatic N) is 1. The first-order valence-corrected chi connectivity index (χ1v) is 11.8. The fourth-order valence-corrected chi connectivity index (χ4v) is 5.23. The minimum atomic E-state index is -4.39. The van der Waals surface area contributed by atoms with E-state index in [2.05, 4.69) is 0 Å². The van der Waals surface area contributed by atoms with E-state index in [0.717, 1.165) is 18.6 Å². The third kappa shape index (κ3) is 4.20. The minimum absolute atomic E-state index is 0.00392. The van der Waals surface area contributed by atoms with Crippen LogP contribution in [-0.2, 0) is 15.6 Å². The molecule has 0 spiro atoms. The molecule has 0 atom stereocenters. The van der Waals surface area contributed by atoms with E-state index in [9.17, 15) is 27.1 Å². The smallest absolute Gasteiger partial charge is 0.253 e. The highest BCUT2D eigenvalue weighted by Crippen LogP contribution is 2.36. The first-order valence-electron chi connectivity index (χ1n) is 9.75. The van der Waals surface area contributed by atoms with Crippen LogP contribution in [0.25, 0.3) is 11.1 Å². The molecule has 0 unspecified atom stereocenters. The maximum absolute atomic E-state index is 14.5. The molecule has 1 fully saturated rings. The first kappa shape index (κ1) is 22.2. The summed E-state index contributed by atoms with van der Waals surface area (Å²) in [5, 5.41) is 9.96. The second kappa shape index (κ2) is 8.52. The summed E-state index contributed by atoms with van der Waals surface area (Å²) in [5.74, 6) is -4.58. The third-order valence-electron chi connectivity index (χ3n) is 5.31. The van der Waals surface area contributed by atoms with Crippen LogP contribution in [0.5, 0.6) is 5.75 Å².